The lowest BCUT2D eigenvalue weighted by atomic mass is 9.72. The van der Waals surface area contributed by atoms with E-state index in [4.69, 9.17) is 5.41 Å². The molecule has 1 aliphatic carbocycles. The van der Waals surface area contributed by atoms with Crippen molar-refractivity contribution < 1.29 is 17.0 Å². The molecule has 2 nitrogen and oxygen atoms in total. The van der Waals surface area contributed by atoms with Crippen LogP contribution >= 0.6 is 15.9 Å². The van der Waals surface area contributed by atoms with Crippen LogP contribution in [-0.4, -0.2) is 5.84 Å². The summed E-state index contributed by atoms with van der Waals surface area (Å²) in [5.74, 6) is 0.783. The highest BCUT2D eigenvalue weighted by Gasteiger charge is 2.46. The van der Waals surface area contributed by atoms with Gasteiger partial charge in [-0.2, -0.15) is 0 Å². The highest BCUT2D eigenvalue weighted by atomic mass is 79.9. The number of halogens is 2. The fraction of sp³-hybridized carbons (Fsp3) is 0.316. The van der Waals surface area contributed by atoms with Crippen molar-refractivity contribution in [2.24, 2.45) is 0 Å². The molecule has 2 aliphatic rings. The van der Waals surface area contributed by atoms with E-state index in [-0.39, 0.29) is 22.4 Å². The van der Waals surface area contributed by atoms with Crippen molar-refractivity contribution in [1.82, 2.24) is 0 Å². The summed E-state index contributed by atoms with van der Waals surface area (Å²) in [5.41, 5.74) is 3.82. The van der Waals surface area contributed by atoms with Crippen LogP contribution in [-0.2, 0) is 12.0 Å². The molecule has 1 heterocycles. The van der Waals surface area contributed by atoms with Crippen molar-refractivity contribution in [3.05, 3.63) is 64.1 Å². The van der Waals surface area contributed by atoms with Gasteiger partial charge in [-0.25, -0.2) is 0 Å². The number of rotatable bonds is 1. The largest absolute Gasteiger partial charge is 1.00 e. The molecule has 2 aromatic carbocycles. The van der Waals surface area contributed by atoms with E-state index >= 15 is 0 Å². The maximum Gasteiger partial charge on any atom is 0.111 e. The summed E-state index contributed by atoms with van der Waals surface area (Å²) in [6.45, 7) is 0.804. The molecule has 4 rings (SSSR count). The van der Waals surface area contributed by atoms with Crippen LogP contribution in [0.15, 0.2) is 53.0 Å². The Morgan fingerprint density at radius 3 is 2.30 bits per heavy atom. The second kappa shape index (κ2) is 6.40. The number of benzene rings is 2. The molecule has 1 fully saturated rings. The summed E-state index contributed by atoms with van der Waals surface area (Å²) in [5, 5.41) is 8.93. The third kappa shape index (κ3) is 2.66. The molecule has 1 aliphatic heterocycles. The Morgan fingerprint density at radius 2 is 1.61 bits per heavy atom. The lowest BCUT2D eigenvalue weighted by molar-refractivity contribution is -0.00000448. The molecule has 0 atom stereocenters. The van der Waals surface area contributed by atoms with Gasteiger partial charge in [-0.3, -0.25) is 5.41 Å². The van der Waals surface area contributed by atoms with E-state index in [1.807, 2.05) is 0 Å². The first-order chi connectivity index (χ1) is 10.7. The number of amidine groups is 1. The third-order valence-electron chi connectivity index (χ3n) is 5.18. The van der Waals surface area contributed by atoms with Crippen molar-refractivity contribution in [3.63, 3.8) is 0 Å². The molecule has 120 valence electrons. The molecular formula is C19H19Br2N2-. The Balaban J connectivity index is 0.00000156. The number of fused-ring (bicyclic) bond motifs is 2. The van der Waals surface area contributed by atoms with Crippen molar-refractivity contribution >= 4 is 27.5 Å². The lowest BCUT2D eigenvalue weighted by Gasteiger charge is -2.43. The van der Waals surface area contributed by atoms with E-state index in [9.17, 15) is 0 Å². The van der Waals surface area contributed by atoms with Crippen LogP contribution in [0.1, 0.15) is 36.8 Å². The maximum absolute atomic E-state index is 8.93. The lowest BCUT2D eigenvalue weighted by Crippen LogP contribution is -3.00. The second-order valence-corrected chi connectivity index (χ2v) is 7.27. The first kappa shape index (κ1) is 16.7. The predicted molar refractivity (Wildman–Crippen MR) is 94.6 cm³/mol. The molecule has 0 saturated heterocycles. The number of hydrogen-bond donors (Lipinski definition) is 1. The maximum atomic E-state index is 8.93. The standard InChI is InChI=1S/C19H19BrN2.BrH/c20-15-7-9-16(10-8-15)22-13-14-5-1-2-6-17(14)19(18(22)21)11-3-4-12-19;/h1-2,5-10,21H,3-4,11-13H2;1H/p-1. The van der Waals surface area contributed by atoms with Crippen LogP contribution in [0.4, 0.5) is 5.69 Å². The molecule has 4 heteroatoms. The van der Waals surface area contributed by atoms with E-state index in [0.717, 1.165) is 35.4 Å². The molecule has 1 N–H and O–H groups in total. The molecule has 0 bridgehead atoms. The van der Waals surface area contributed by atoms with Crippen LogP contribution in [0, 0.1) is 5.41 Å². The van der Waals surface area contributed by atoms with Gasteiger partial charge < -0.3 is 21.9 Å². The number of nitrogens with one attached hydrogen (secondary N) is 1. The summed E-state index contributed by atoms with van der Waals surface area (Å²) in [6.07, 6.45) is 4.67. The van der Waals surface area contributed by atoms with Gasteiger partial charge in [0.15, 0.2) is 0 Å². The minimum Gasteiger partial charge on any atom is -1.00 e. The summed E-state index contributed by atoms with van der Waals surface area (Å²) >= 11 is 3.50. The molecule has 23 heavy (non-hydrogen) atoms. The Hall–Kier alpha value is -1.13. The van der Waals surface area contributed by atoms with Crippen LogP contribution in [0.3, 0.4) is 0 Å². The van der Waals surface area contributed by atoms with Crippen LogP contribution in [0.25, 0.3) is 0 Å². The Labute approximate surface area is 156 Å². The van der Waals surface area contributed by atoms with E-state index in [0.29, 0.717) is 0 Å². The van der Waals surface area contributed by atoms with Gasteiger partial charge in [0, 0.05) is 16.7 Å². The van der Waals surface area contributed by atoms with Crippen molar-refractivity contribution in [2.75, 3.05) is 4.90 Å². The quantitative estimate of drug-likeness (QED) is 0.732. The van der Waals surface area contributed by atoms with Crippen molar-refractivity contribution in [3.8, 4) is 0 Å². The molecule has 1 spiro atoms. The Morgan fingerprint density at radius 1 is 0.957 bits per heavy atom. The van der Waals surface area contributed by atoms with Crippen molar-refractivity contribution in [2.45, 2.75) is 37.6 Å². The van der Waals surface area contributed by atoms with Crippen LogP contribution in [0.2, 0.25) is 0 Å². The van der Waals surface area contributed by atoms with Gasteiger partial charge >= 0.3 is 0 Å². The smallest absolute Gasteiger partial charge is 0.111 e. The molecule has 0 radical (unpaired) electrons. The number of nitrogens with zero attached hydrogens (tertiary/aromatic N) is 1. The monoisotopic (exact) mass is 433 g/mol. The molecular weight excluding hydrogens is 416 g/mol. The topological polar surface area (TPSA) is 27.1 Å². The summed E-state index contributed by atoms with van der Waals surface area (Å²) < 4.78 is 1.08. The third-order valence-corrected chi connectivity index (χ3v) is 5.71. The van der Waals surface area contributed by atoms with Crippen LogP contribution in [0.5, 0.6) is 0 Å². The van der Waals surface area contributed by atoms with Gasteiger partial charge in [0.2, 0.25) is 0 Å². The van der Waals surface area contributed by atoms with Gasteiger partial charge in [0.1, 0.15) is 5.84 Å². The highest BCUT2D eigenvalue weighted by Crippen LogP contribution is 2.47. The average Bonchev–Trinajstić information content (AvgIpc) is 3.03. The van der Waals surface area contributed by atoms with Gasteiger partial charge in [-0.1, -0.05) is 53.0 Å². The zero-order valence-corrected chi connectivity index (χ0v) is 16.0. The second-order valence-electron chi connectivity index (χ2n) is 6.36. The molecule has 2 aromatic rings. The van der Waals surface area contributed by atoms with Gasteiger partial charge in [0.05, 0.1) is 5.41 Å². The highest BCUT2D eigenvalue weighted by molar-refractivity contribution is 9.10. The molecule has 0 aromatic heterocycles. The summed E-state index contributed by atoms with van der Waals surface area (Å²) in [6, 6.07) is 17.1. The SMILES string of the molecule is N=C1N(c2ccc(Br)cc2)Cc2ccccc2C12CCCC2.[Br-]. The fourth-order valence-corrected chi connectivity index (χ4v) is 4.35. The minimum atomic E-state index is -0.0675. The van der Waals surface area contributed by atoms with E-state index in [1.54, 1.807) is 0 Å². The fourth-order valence-electron chi connectivity index (χ4n) is 4.09. The first-order valence-corrected chi connectivity index (χ1v) is 8.70. The summed E-state index contributed by atoms with van der Waals surface area (Å²) in [4.78, 5) is 2.19. The van der Waals surface area contributed by atoms with E-state index in [1.165, 1.54) is 24.0 Å². The van der Waals surface area contributed by atoms with Gasteiger partial charge in [-0.05, 0) is 48.2 Å². The number of anilines is 1. The van der Waals surface area contributed by atoms with E-state index < -0.39 is 0 Å². The zero-order valence-electron chi connectivity index (χ0n) is 12.9. The molecule has 0 amide bonds. The Kier molecular flexibility index (Phi) is 4.65. The van der Waals surface area contributed by atoms with Gasteiger partial charge in [0.25, 0.3) is 0 Å². The number of hydrogen-bond acceptors (Lipinski definition) is 1. The minimum absolute atomic E-state index is 0. The normalized spacial score (nSPS) is 18.7. The zero-order chi connectivity index (χ0) is 15.2. The first-order valence-electron chi connectivity index (χ1n) is 7.91. The van der Waals surface area contributed by atoms with E-state index in [2.05, 4.69) is 69.4 Å². The van der Waals surface area contributed by atoms with Crippen molar-refractivity contribution in [1.29, 1.82) is 5.41 Å². The molecule has 1 saturated carbocycles. The Bertz CT molecular complexity index is 718. The summed E-state index contributed by atoms with van der Waals surface area (Å²) in [7, 11) is 0. The molecule has 0 unspecified atom stereocenters. The predicted octanol–water partition coefficient (Wildman–Crippen LogP) is 2.26. The van der Waals surface area contributed by atoms with Crippen LogP contribution < -0.4 is 21.9 Å². The average molecular weight is 435 g/mol. The van der Waals surface area contributed by atoms with Gasteiger partial charge in [-0.15, -0.1) is 0 Å².